The molecular weight excluding hydrogens is 288 g/mol. The van der Waals surface area contributed by atoms with Crippen LogP contribution < -0.4 is 14.8 Å². The standard InChI is InChI=1S/C16H24N2O2.ClH/c1-19-15-4-6-16(7-5-15)20-11-10-18-9-8-13-2-3-14(12-18)17-13;/h4-7,13-14,17H,2-3,8-12H2,1H3;1H. The van der Waals surface area contributed by atoms with Gasteiger partial charge in [-0.25, -0.2) is 0 Å². The highest BCUT2D eigenvalue weighted by molar-refractivity contribution is 5.85. The van der Waals surface area contributed by atoms with Gasteiger partial charge in [-0.3, -0.25) is 4.90 Å². The molecule has 0 spiro atoms. The molecule has 21 heavy (non-hydrogen) atoms. The van der Waals surface area contributed by atoms with Crippen molar-refractivity contribution in [2.24, 2.45) is 0 Å². The molecule has 1 N–H and O–H groups in total. The van der Waals surface area contributed by atoms with E-state index in [1.807, 2.05) is 24.3 Å². The van der Waals surface area contributed by atoms with Crippen LogP contribution in [0.2, 0.25) is 0 Å². The second-order valence-electron chi connectivity index (χ2n) is 5.75. The van der Waals surface area contributed by atoms with Gasteiger partial charge in [0.05, 0.1) is 7.11 Å². The van der Waals surface area contributed by atoms with E-state index in [0.29, 0.717) is 6.04 Å². The highest BCUT2D eigenvalue weighted by atomic mass is 35.5. The van der Waals surface area contributed by atoms with Crippen LogP contribution in [0, 0.1) is 0 Å². The molecule has 4 nitrogen and oxygen atoms in total. The molecule has 2 aliphatic rings. The van der Waals surface area contributed by atoms with Crippen molar-refractivity contribution in [1.82, 2.24) is 10.2 Å². The fourth-order valence-corrected chi connectivity index (χ4v) is 3.18. The van der Waals surface area contributed by atoms with E-state index in [0.717, 1.165) is 30.7 Å². The molecule has 0 aliphatic carbocycles. The van der Waals surface area contributed by atoms with Crippen LogP contribution in [0.5, 0.6) is 11.5 Å². The number of hydrogen-bond donors (Lipinski definition) is 1. The maximum absolute atomic E-state index is 5.81. The third kappa shape index (κ3) is 4.50. The Morgan fingerprint density at radius 3 is 2.57 bits per heavy atom. The summed E-state index contributed by atoms with van der Waals surface area (Å²) in [5.41, 5.74) is 0. The summed E-state index contributed by atoms with van der Waals surface area (Å²) in [5, 5.41) is 3.71. The SMILES string of the molecule is COc1ccc(OCCN2CCC3CCC(C2)N3)cc1.Cl. The first-order valence-electron chi connectivity index (χ1n) is 7.59. The van der Waals surface area contributed by atoms with Gasteiger partial charge >= 0.3 is 0 Å². The Labute approximate surface area is 133 Å². The summed E-state index contributed by atoms with van der Waals surface area (Å²) in [5.74, 6) is 1.78. The maximum Gasteiger partial charge on any atom is 0.119 e. The number of nitrogens with zero attached hydrogens (tertiary/aromatic N) is 1. The molecule has 1 aromatic carbocycles. The molecule has 2 saturated heterocycles. The summed E-state index contributed by atoms with van der Waals surface area (Å²) >= 11 is 0. The lowest BCUT2D eigenvalue weighted by Gasteiger charge is -2.23. The molecule has 118 valence electrons. The molecular formula is C16H25ClN2O2. The van der Waals surface area contributed by atoms with Gasteiger partial charge in [0, 0.05) is 25.2 Å². The summed E-state index contributed by atoms with van der Waals surface area (Å²) in [4.78, 5) is 2.53. The predicted octanol–water partition coefficient (Wildman–Crippen LogP) is 2.32. The Hall–Kier alpha value is -0.970. The summed E-state index contributed by atoms with van der Waals surface area (Å²) in [6.45, 7) is 4.13. The predicted molar refractivity (Wildman–Crippen MR) is 86.7 cm³/mol. The van der Waals surface area contributed by atoms with Crippen molar-refractivity contribution in [1.29, 1.82) is 0 Å². The normalized spacial score (nSPS) is 25.0. The van der Waals surface area contributed by atoms with Crippen molar-refractivity contribution in [3.63, 3.8) is 0 Å². The van der Waals surface area contributed by atoms with Gasteiger partial charge in [-0.05, 0) is 50.1 Å². The largest absolute Gasteiger partial charge is 0.497 e. The Bertz CT molecular complexity index is 427. The molecule has 3 rings (SSSR count). The molecule has 5 heteroatoms. The molecule has 0 aromatic heterocycles. The number of nitrogens with one attached hydrogen (secondary N) is 1. The fourth-order valence-electron chi connectivity index (χ4n) is 3.18. The molecule has 2 bridgehead atoms. The lowest BCUT2D eigenvalue weighted by molar-refractivity contribution is 0.201. The smallest absolute Gasteiger partial charge is 0.119 e. The number of hydrogen-bond acceptors (Lipinski definition) is 4. The number of benzene rings is 1. The number of likely N-dealkylation sites (tertiary alicyclic amines) is 1. The van der Waals surface area contributed by atoms with Crippen LogP contribution in [0.3, 0.4) is 0 Å². The number of rotatable bonds is 5. The monoisotopic (exact) mass is 312 g/mol. The van der Waals surface area contributed by atoms with Crippen molar-refractivity contribution in [3.8, 4) is 11.5 Å². The quantitative estimate of drug-likeness (QED) is 0.905. The number of fused-ring (bicyclic) bond motifs is 2. The third-order valence-corrected chi connectivity index (χ3v) is 4.34. The van der Waals surface area contributed by atoms with Crippen LogP contribution in [0.1, 0.15) is 19.3 Å². The van der Waals surface area contributed by atoms with E-state index in [1.165, 1.54) is 32.4 Å². The topological polar surface area (TPSA) is 33.7 Å². The van der Waals surface area contributed by atoms with E-state index in [9.17, 15) is 0 Å². The highest BCUT2D eigenvalue weighted by Crippen LogP contribution is 2.20. The molecule has 1 aromatic rings. The minimum absolute atomic E-state index is 0. The molecule has 0 saturated carbocycles. The Morgan fingerprint density at radius 1 is 1.10 bits per heavy atom. The Morgan fingerprint density at radius 2 is 1.81 bits per heavy atom. The molecule has 2 heterocycles. The molecule has 2 atom stereocenters. The van der Waals surface area contributed by atoms with E-state index in [1.54, 1.807) is 7.11 Å². The van der Waals surface area contributed by atoms with E-state index < -0.39 is 0 Å². The number of methoxy groups -OCH3 is 1. The highest BCUT2D eigenvalue weighted by Gasteiger charge is 2.28. The molecule has 2 fully saturated rings. The number of halogens is 1. The summed E-state index contributed by atoms with van der Waals surface area (Å²) in [7, 11) is 1.68. The van der Waals surface area contributed by atoms with Gasteiger partial charge in [-0.15, -0.1) is 12.4 Å². The zero-order chi connectivity index (χ0) is 13.8. The zero-order valence-electron chi connectivity index (χ0n) is 12.6. The van der Waals surface area contributed by atoms with Crippen molar-refractivity contribution >= 4 is 12.4 Å². The molecule has 2 aliphatic heterocycles. The summed E-state index contributed by atoms with van der Waals surface area (Å²) in [6.07, 6.45) is 3.97. The second kappa shape index (κ2) is 7.87. The second-order valence-corrected chi connectivity index (χ2v) is 5.75. The van der Waals surface area contributed by atoms with Crippen molar-refractivity contribution < 1.29 is 9.47 Å². The van der Waals surface area contributed by atoms with Gasteiger partial charge in [0.25, 0.3) is 0 Å². The van der Waals surface area contributed by atoms with Gasteiger partial charge in [-0.2, -0.15) is 0 Å². The first-order valence-corrected chi connectivity index (χ1v) is 7.59. The van der Waals surface area contributed by atoms with Gasteiger partial charge in [0.15, 0.2) is 0 Å². The summed E-state index contributed by atoms with van der Waals surface area (Å²) in [6, 6.07) is 9.25. The fraction of sp³-hybridized carbons (Fsp3) is 0.625. The average Bonchev–Trinajstić information content (AvgIpc) is 2.82. The van der Waals surface area contributed by atoms with E-state index >= 15 is 0 Å². The average molecular weight is 313 g/mol. The maximum atomic E-state index is 5.81. The van der Waals surface area contributed by atoms with E-state index in [2.05, 4.69) is 10.2 Å². The minimum atomic E-state index is 0. The first kappa shape index (κ1) is 16.4. The van der Waals surface area contributed by atoms with Crippen molar-refractivity contribution in [2.75, 3.05) is 33.4 Å². The van der Waals surface area contributed by atoms with E-state index in [4.69, 9.17) is 9.47 Å². The molecule has 2 unspecified atom stereocenters. The van der Waals surface area contributed by atoms with Crippen molar-refractivity contribution in [3.05, 3.63) is 24.3 Å². The van der Waals surface area contributed by atoms with Gasteiger partial charge in [-0.1, -0.05) is 0 Å². The minimum Gasteiger partial charge on any atom is -0.497 e. The Kier molecular flexibility index (Phi) is 6.15. The van der Waals surface area contributed by atoms with Crippen LogP contribution in [0.15, 0.2) is 24.3 Å². The Balaban J connectivity index is 0.00000161. The van der Waals surface area contributed by atoms with Gasteiger partial charge in [0.1, 0.15) is 18.1 Å². The molecule has 0 amide bonds. The van der Waals surface area contributed by atoms with Crippen LogP contribution in [0.4, 0.5) is 0 Å². The van der Waals surface area contributed by atoms with Crippen LogP contribution in [0.25, 0.3) is 0 Å². The lowest BCUT2D eigenvalue weighted by atomic mass is 10.1. The number of ether oxygens (including phenoxy) is 2. The summed E-state index contributed by atoms with van der Waals surface area (Å²) < 4.78 is 11.0. The lowest BCUT2D eigenvalue weighted by Crippen LogP contribution is -2.37. The zero-order valence-corrected chi connectivity index (χ0v) is 13.4. The van der Waals surface area contributed by atoms with Gasteiger partial charge < -0.3 is 14.8 Å². The first-order chi connectivity index (χ1) is 9.83. The molecule has 0 radical (unpaired) electrons. The van der Waals surface area contributed by atoms with E-state index in [-0.39, 0.29) is 12.4 Å². The van der Waals surface area contributed by atoms with Crippen LogP contribution in [-0.4, -0.2) is 50.3 Å². The third-order valence-electron chi connectivity index (χ3n) is 4.34. The van der Waals surface area contributed by atoms with Crippen molar-refractivity contribution in [2.45, 2.75) is 31.3 Å². The van der Waals surface area contributed by atoms with Crippen LogP contribution in [-0.2, 0) is 0 Å². The van der Waals surface area contributed by atoms with Gasteiger partial charge in [0.2, 0.25) is 0 Å². The van der Waals surface area contributed by atoms with Crippen LogP contribution >= 0.6 is 12.4 Å².